The Balaban J connectivity index is 2.01. The van der Waals surface area contributed by atoms with Gasteiger partial charge in [-0.1, -0.05) is 36.9 Å². The summed E-state index contributed by atoms with van der Waals surface area (Å²) < 4.78 is 0. The molecular formula is C11H12O4. The Morgan fingerprint density at radius 2 is 1.93 bits per heavy atom. The molecule has 0 amide bonds. The van der Waals surface area contributed by atoms with Crippen LogP contribution in [-0.4, -0.2) is 13.2 Å². The highest BCUT2D eigenvalue weighted by atomic mass is 17.2. The summed E-state index contributed by atoms with van der Waals surface area (Å²) in [5, 5.41) is 0. The van der Waals surface area contributed by atoms with Crippen LogP contribution in [0.5, 0.6) is 0 Å². The van der Waals surface area contributed by atoms with E-state index in [1.807, 2.05) is 30.3 Å². The van der Waals surface area contributed by atoms with E-state index in [2.05, 4.69) is 6.58 Å². The van der Waals surface area contributed by atoms with E-state index >= 15 is 0 Å². The lowest BCUT2D eigenvalue weighted by Gasteiger charge is -2.20. The summed E-state index contributed by atoms with van der Waals surface area (Å²) in [6.45, 7) is 4.00. The second kappa shape index (κ2) is 4.93. The summed E-state index contributed by atoms with van der Waals surface area (Å²) in [5.74, 6) is 0.390. The van der Waals surface area contributed by atoms with E-state index in [1.54, 1.807) is 0 Å². The van der Waals surface area contributed by atoms with Crippen molar-refractivity contribution in [3.8, 4) is 0 Å². The molecule has 4 nitrogen and oxygen atoms in total. The SMILES string of the molecule is C=C1COOC(c2ccccc2)COO1. The van der Waals surface area contributed by atoms with Crippen molar-refractivity contribution in [2.75, 3.05) is 13.2 Å². The van der Waals surface area contributed by atoms with Crippen molar-refractivity contribution in [3.05, 3.63) is 48.2 Å². The highest BCUT2D eigenvalue weighted by Crippen LogP contribution is 2.20. The predicted octanol–water partition coefficient (Wildman–Crippen LogP) is 2.15. The summed E-state index contributed by atoms with van der Waals surface area (Å²) in [7, 11) is 0. The first-order valence-corrected chi connectivity index (χ1v) is 4.67. The molecule has 0 saturated carbocycles. The van der Waals surface area contributed by atoms with Crippen molar-refractivity contribution in [3.63, 3.8) is 0 Å². The summed E-state index contributed by atoms with van der Waals surface area (Å²) in [6, 6.07) is 9.67. The Kier molecular flexibility index (Phi) is 3.34. The monoisotopic (exact) mass is 208 g/mol. The molecule has 1 saturated heterocycles. The maximum absolute atomic E-state index is 5.17. The lowest BCUT2D eigenvalue weighted by Crippen LogP contribution is -2.17. The quantitative estimate of drug-likeness (QED) is 0.662. The van der Waals surface area contributed by atoms with Crippen LogP contribution in [0.3, 0.4) is 0 Å². The topological polar surface area (TPSA) is 36.9 Å². The molecule has 2 rings (SSSR count). The molecule has 0 spiro atoms. The van der Waals surface area contributed by atoms with Gasteiger partial charge in [0.05, 0.1) is 0 Å². The van der Waals surface area contributed by atoms with Crippen LogP contribution < -0.4 is 0 Å². The largest absolute Gasteiger partial charge is 0.340 e. The normalized spacial score (nSPS) is 22.7. The van der Waals surface area contributed by atoms with Gasteiger partial charge in [-0.3, -0.25) is 0 Å². The van der Waals surface area contributed by atoms with Crippen LogP contribution in [0.25, 0.3) is 0 Å². The van der Waals surface area contributed by atoms with Gasteiger partial charge in [0, 0.05) is 0 Å². The molecule has 0 radical (unpaired) electrons. The van der Waals surface area contributed by atoms with Crippen LogP contribution in [0.4, 0.5) is 0 Å². The van der Waals surface area contributed by atoms with Gasteiger partial charge in [-0.2, -0.15) is 4.89 Å². The van der Waals surface area contributed by atoms with E-state index in [-0.39, 0.29) is 19.3 Å². The second-order valence-corrected chi connectivity index (χ2v) is 3.16. The molecule has 1 fully saturated rings. The van der Waals surface area contributed by atoms with Gasteiger partial charge in [-0.05, 0) is 5.56 Å². The fourth-order valence-corrected chi connectivity index (χ4v) is 1.23. The zero-order valence-corrected chi connectivity index (χ0v) is 8.22. The van der Waals surface area contributed by atoms with E-state index < -0.39 is 0 Å². The Bertz CT molecular complexity index is 311. The van der Waals surface area contributed by atoms with E-state index in [0.29, 0.717) is 5.76 Å². The number of hydrogen-bond acceptors (Lipinski definition) is 4. The second-order valence-electron chi connectivity index (χ2n) is 3.16. The average molecular weight is 208 g/mol. The lowest BCUT2D eigenvalue weighted by atomic mass is 10.1. The smallest absolute Gasteiger partial charge is 0.164 e. The summed E-state index contributed by atoms with van der Waals surface area (Å²) in [6.07, 6.45) is -0.278. The van der Waals surface area contributed by atoms with Gasteiger partial charge in [-0.15, -0.1) is 0 Å². The number of hydrogen-bond donors (Lipinski definition) is 0. The summed E-state index contributed by atoms with van der Waals surface area (Å²) >= 11 is 0. The third-order valence-electron chi connectivity index (χ3n) is 1.97. The fourth-order valence-electron chi connectivity index (χ4n) is 1.23. The molecule has 1 aromatic carbocycles. The minimum Gasteiger partial charge on any atom is -0.340 e. The first-order chi connectivity index (χ1) is 7.36. The van der Waals surface area contributed by atoms with Crippen molar-refractivity contribution in [2.45, 2.75) is 6.10 Å². The third-order valence-corrected chi connectivity index (χ3v) is 1.97. The lowest BCUT2D eigenvalue weighted by molar-refractivity contribution is -0.388. The molecule has 4 heteroatoms. The standard InChI is InChI=1S/C11H12O4/c1-9-7-12-15-11(8-13-14-9)10-5-3-2-4-6-10/h2-6,11H,1,7-8H2. The van der Waals surface area contributed by atoms with Crippen LogP contribution in [-0.2, 0) is 19.6 Å². The molecule has 1 heterocycles. The van der Waals surface area contributed by atoms with Gasteiger partial charge in [0.1, 0.15) is 19.3 Å². The van der Waals surface area contributed by atoms with Gasteiger partial charge in [0.2, 0.25) is 0 Å². The van der Waals surface area contributed by atoms with Gasteiger partial charge in [0.15, 0.2) is 5.76 Å². The minimum absolute atomic E-state index is 0.170. The summed E-state index contributed by atoms with van der Waals surface area (Å²) in [4.78, 5) is 19.9. The Morgan fingerprint density at radius 1 is 1.13 bits per heavy atom. The molecule has 0 aliphatic carbocycles. The van der Waals surface area contributed by atoms with E-state index in [1.165, 1.54) is 0 Å². The molecule has 1 atom stereocenters. The Labute approximate surface area is 87.9 Å². The first-order valence-electron chi connectivity index (χ1n) is 4.67. The maximum atomic E-state index is 5.17. The highest BCUT2D eigenvalue weighted by molar-refractivity contribution is 5.17. The predicted molar refractivity (Wildman–Crippen MR) is 52.4 cm³/mol. The van der Waals surface area contributed by atoms with Crippen molar-refractivity contribution < 1.29 is 19.6 Å². The van der Waals surface area contributed by atoms with Crippen LogP contribution in [0, 0.1) is 0 Å². The van der Waals surface area contributed by atoms with Gasteiger partial charge >= 0.3 is 0 Å². The molecule has 1 unspecified atom stereocenters. The van der Waals surface area contributed by atoms with Gasteiger partial charge < -0.3 is 4.89 Å². The maximum Gasteiger partial charge on any atom is 0.164 e. The van der Waals surface area contributed by atoms with E-state index in [4.69, 9.17) is 19.6 Å². The fraction of sp³-hybridized carbons (Fsp3) is 0.273. The van der Waals surface area contributed by atoms with Crippen LogP contribution in [0.15, 0.2) is 42.7 Å². The van der Waals surface area contributed by atoms with Crippen LogP contribution in [0.2, 0.25) is 0 Å². The van der Waals surface area contributed by atoms with Gasteiger partial charge in [0.25, 0.3) is 0 Å². The van der Waals surface area contributed by atoms with Crippen LogP contribution >= 0.6 is 0 Å². The Hall–Kier alpha value is -1.36. The zero-order valence-electron chi connectivity index (χ0n) is 8.22. The third kappa shape index (κ3) is 2.79. The summed E-state index contributed by atoms with van der Waals surface area (Å²) in [5.41, 5.74) is 0.980. The van der Waals surface area contributed by atoms with Crippen molar-refractivity contribution in [1.82, 2.24) is 0 Å². The van der Waals surface area contributed by atoms with E-state index in [0.717, 1.165) is 5.56 Å². The first kappa shape index (κ1) is 10.2. The Morgan fingerprint density at radius 3 is 2.73 bits per heavy atom. The highest BCUT2D eigenvalue weighted by Gasteiger charge is 2.17. The average Bonchev–Trinajstić information content (AvgIpc) is 2.24. The van der Waals surface area contributed by atoms with Crippen LogP contribution in [0.1, 0.15) is 11.7 Å². The van der Waals surface area contributed by atoms with Crippen molar-refractivity contribution >= 4 is 0 Å². The molecule has 1 aliphatic heterocycles. The molecule has 0 bridgehead atoms. The number of benzene rings is 1. The molecule has 0 N–H and O–H groups in total. The molecule has 80 valence electrons. The minimum atomic E-state index is -0.278. The number of rotatable bonds is 1. The molecule has 15 heavy (non-hydrogen) atoms. The molecule has 1 aliphatic rings. The van der Waals surface area contributed by atoms with Gasteiger partial charge in [-0.25, -0.2) is 9.78 Å². The van der Waals surface area contributed by atoms with E-state index in [9.17, 15) is 0 Å². The van der Waals surface area contributed by atoms with Crippen molar-refractivity contribution in [1.29, 1.82) is 0 Å². The molecular weight excluding hydrogens is 196 g/mol. The molecule has 1 aromatic rings. The zero-order chi connectivity index (χ0) is 10.5. The molecule has 0 aromatic heterocycles. The van der Waals surface area contributed by atoms with Crippen molar-refractivity contribution in [2.24, 2.45) is 0 Å².